The van der Waals surface area contributed by atoms with E-state index in [9.17, 15) is 5.11 Å². The van der Waals surface area contributed by atoms with E-state index in [1.54, 1.807) is 31.2 Å². The summed E-state index contributed by atoms with van der Waals surface area (Å²) in [7, 11) is 0. The van der Waals surface area contributed by atoms with Crippen molar-refractivity contribution >= 4 is 11.6 Å². The van der Waals surface area contributed by atoms with E-state index in [4.69, 9.17) is 17.3 Å². The second kappa shape index (κ2) is 3.90. The number of aliphatic hydroxyl groups excluding tert-OH is 1. The van der Waals surface area contributed by atoms with Gasteiger partial charge in [0.25, 0.3) is 0 Å². The lowest BCUT2D eigenvalue weighted by Gasteiger charge is -2.14. The third kappa shape index (κ3) is 2.21. The first-order valence-electron chi connectivity index (χ1n) is 3.80. The van der Waals surface area contributed by atoms with Crippen LogP contribution in [0.3, 0.4) is 0 Å². The average Bonchev–Trinajstić information content (AvgIpc) is 2.03. The van der Waals surface area contributed by atoms with Crippen LogP contribution < -0.4 is 5.73 Å². The zero-order valence-corrected chi connectivity index (χ0v) is 7.62. The van der Waals surface area contributed by atoms with Crippen LogP contribution in [0.15, 0.2) is 24.3 Å². The highest BCUT2D eigenvalue weighted by atomic mass is 35.5. The topological polar surface area (TPSA) is 46.2 Å². The number of nitrogens with two attached hydrogens (primary N) is 1. The number of rotatable bonds is 2. The fourth-order valence-corrected chi connectivity index (χ4v) is 1.19. The molecule has 0 bridgehead atoms. The Bertz CT molecular complexity index is 262. The quantitative estimate of drug-likeness (QED) is 0.737. The molecule has 0 aliphatic rings. The third-order valence-electron chi connectivity index (χ3n) is 1.69. The molecule has 2 atom stereocenters. The molecule has 0 saturated heterocycles. The van der Waals surface area contributed by atoms with Crippen molar-refractivity contribution in [3.8, 4) is 0 Å². The van der Waals surface area contributed by atoms with Gasteiger partial charge in [-0.25, -0.2) is 0 Å². The second-order valence-corrected chi connectivity index (χ2v) is 3.30. The second-order valence-electron chi connectivity index (χ2n) is 2.86. The van der Waals surface area contributed by atoms with Crippen LogP contribution in [0.25, 0.3) is 0 Å². The van der Waals surface area contributed by atoms with E-state index in [0.29, 0.717) is 5.02 Å². The van der Waals surface area contributed by atoms with Crippen LogP contribution in [0.2, 0.25) is 5.02 Å². The first-order valence-corrected chi connectivity index (χ1v) is 4.18. The number of hydrogen-bond donors (Lipinski definition) is 2. The molecule has 1 rings (SSSR count). The highest BCUT2D eigenvalue weighted by Gasteiger charge is 2.11. The van der Waals surface area contributed by atoms with Crippen molar-refractivity contribution < 1.29 is 5.11 Å². The van der Waals surface area contributed by atoms with Crippen molar-refractivity contribution in [3.05, 3.63) is 34.9 Å². The largest absolute Gasteiger partial charge is 0.387 e. The van der Waals surface area contributed by atoms with E-state index >= 15 is 0 Å². The van der Waals surface area contributed by atoms with Crippen molar-refractivity contribution in [2.75, 3.05) is 0 Å². The van der Waals surface area contributed by atoms with Gasteiger partial charge in [-0.3, -0.25) is 0 Å². The standard InChI is InChI=1S/C9H12ClNO/c1-6(11)9(12)7-3-2-4-8(10)5-7/h2-6,9,12H,11H2,1H3. The summed E-state index contributed by atoms with van der Waals surface area (Å²) < 4.78 is 0. The minimum Gasteiger partial charge on any atom is -0.387 e. The molecule has 0 aliphatic carbocycles. The van der Waals surface area contributed by atoms with Crippen molar-refractivity contribution in [2.45, 2.75) is 19.1 Å². The number of hydrogen-bond acceptors (Lipinski definition) is 2. The van der Waals surface area contributed by atoms with Crippen LogP contribution in [0.4, 0.5) is 0 Å². The van der Waals surface area contributed by atoms with Gasteiger partial charge in [0.1, 0.15) is 0 Å². The lowest BCUT2D eigenvalue weighted by Crippen LogP contribution is -2.24. The number of benzene rings is 1. The van der Waals surface area contributed by atoms with Gasteiger partial charge in [-0.15, -0.1) is 0 Å². The molecule has 66 valence electrons. The Kier molecular flexibility index (Phi) is 3.09. The highest BCUT2D eigenvalue weighted by molar-refractivity contribution is 6.30. The van der Waals surface area contributed by atoms with Crippen LogP contribution in [-0.4, -0.2) is 11.1 Å². The van der Waals surface area contributed by atoms with E-state index in [1.807, 2.05) is 0 Å². The third-order valence-corrected chi connectivity index (χ3v) is 1.92. The molecule has 0 aromatic heterocycles. The predicted molar refractivity (Wildman–Crippen MR) is 50.1 cm³/mol. The summed E-state index contributed by atoms with van der Waals surface area (Å²) in [6, 6.07) is 6.81. The van der Waals surface area contributed by atoms with Crippen LogP contribution in [0.5, 0.6) is 0 Å². The summed E-state index contributed by atoms with van der Waals surface area (Å²) in [4.78, 5) is 0. The van der Waals surface area contributed by atoms with Crippen LogP contribution in [0, 0.1) is 0 Å². The smallest absolute Gasteiger partial charge is 0.0938 e. The Hall–Kier alpha value is -0.570. The molecule has 0 amide bonds. The Morgan fingerprint density at radius 3 is 2.67 bits per heavy atom. The Morgan fingerprint density at radius 1 is 1.50 bits per heavy atom. The van der Waals surface area contributed by atoms with E-state index < -0.39 is 6.10 Å². The molecule has 12 heavy (non-hydrogen) atoms. The maximum atomic E-state index is 9.54. The predicted octanol–water partition coefficient (Wildman–Crippen LogP) is 1.72. The molecule has 1 aromatic rings. The van der Waals surface area contributed by atoms with Crippen LogP contribution in [0.1, 0.15) is 18.6 Å². The zero-order chi connectivity index (χ0) is 9.14. The normalized spacial score (nSPS) is 15.7. The SMILES string of the molecule is CC(N)C(O)c1cccc(Cl)c1. The molecule has 3 heteroatoms. The first-order chi connectivity index (χ1) is 5.61. The molecule has 3 N–H and O–H groups in total. The van der Waals surface area contributed by atoms with Gasteiger partial charge in [0.2, 0.25) is 0 Å². The Balaban J connectivity index is 2.88. The molecule has 0 spiro atoms. The van der Waals surface area contributed by atoms with Gasteiger partial charge >= 0.3 is 0 Å². The Labute approximate surface area is 77.0 Å². The van der Waals surface area contributed by atoms with Gasteiger partial charge in [-0.2, -0.15) is 0 Å². The van der Waals surface area contributed by atoms with E-state index in [0.717, 1.165) is 5.56 Å². The van der Waals surface area contributed by atoms with Gasteiger partial charge in [0.15, 0.2) is 0 Å². The van der Waals surface area contributed by atoms with Crippen LogP contribution >= 0.6 is 11.6 Å². The molecule has 0 heterocycles. The van der Waals surface area contributed by atoms with Crippen molar-refractivity contribution in [1.29, 1.82) is 0 Å². The summed E-state index contributed by atoms with van der Waals surface area (Å²) in [6.45, 7) is 1.76. The molecule has 0 fully saturated rings. The van der Waals surface area contributed by atoms with Gasteiger partial charge < -0.3 is 10.8 Å². The van der Waals surface area contributed by atoms with Crippen LogP contribution in [-0.2, 0) is 0 Å². The molecule has 0 radical (unpaired) electrons. The fourth-order valence-electron chi connectivity index (χ4n) is 0.994. The molecule has 1 aromatic carbocycles. The van der Waals surface area contributed by atoms with Gasteiger partial charge in [-0.05, 0) is 24.6 Å². The molecule has 2 unspecified atom stereocenters. The zero-order valence-electron chi connectivity index (χ0n) is 6.87. The first kappa shape index (κ1) is 9.52. The lowest BCUT2D eigenvalue weighted by molar-refractivity contribution is 0.153. The highest BCUT2D eigenvalue weighted by Crippen LogP contribution is 2.19. The van der Waals surface area contributed by atoms with Crippen molar-refractivity contribution in [1.82, 2.24) is 0 Å². The minimum absolute atomic E-state index is 0.275. The molecule has 0 aliphatic heterocycles. The Morgan fingerprint density at radius 2 is 2.17 bits per heavy atom. The number of aliphatic hydroxyl groups is 1. The van der Waals surface area contributed by atoms with E-state index in [-0.39, 0.29) is 6.04 Å². The molecule has 0 saturated carbocycles. The molecule has 2 nitrogen and oxygen atoms in total. The monoisotopic (exact) mass is 185 g/mol. The number of halogens is 1. The van der Waals surface area contributed by atoms with Gasteiger partial charge in [0.05, 0.1) is 6.10 Å². The maximum absolute atomic E-state index is 9.54. The van der Waals surface area contributed by atoms with E-state index in [2.05, 4.69) is 0 Å². The average molecular weight is 186 g/mol. The summed E-state index contributed by atoms with van der Waals surface area (Å²) >= 11 is 5.74. The summed E-state index contributed by atoms with van der Waals surface area (Å²) in [5.74, 6) is 0. The fraction of sp³-hybridized carbons (Fsp3) is 0.333. The lowest BCUT2D eigenvalue weighted by atomic mass is 10.0. The summed E-state index contributed by atoms with van der Waals surface area (Å²) in [5.41, 5.74) is 6.29. The minimum atomic E-state index is -0.635. The van der Waals surface area contributed by atoms with E-state index in [1.165, 1.54) is 0 Å². The molecular formula is C9H12ClNO. The molecular weight excluding hydrogens is 174 g/mol. The summed E-state index contributed by atoms with van der Waals surface area (Å²) in [6.07, 6.45) is -0.635. The van der Waals surface area contributed by atoms with Gasteiger partial charge in [0, 0.05) is 11.1 Å². The van der Waals surface area contributed by atoms with Crippen molar-refractivity contribution in [2.24, 2.45) is 5.73 Å². The summed E-state index contributed by atoms with van der Waals surface area (Å²) in [5, 5.41) is 10.2. The van der Waals surface area contributed by atoms with Gasteiger partial charge in [-0.1, -0.05) is 23.7 Å². The van der Waals surface area contributed by atoms with Crippen molar-refractivity contribution in [3.63, 3.8) is 0 Å². The maximum Gasteiger partial charge on any atom is 0.0938 e.